The van der Waals surface area contributed by atoms with Crippen LogP contribution in [0.2, 0.25) is 0 Å². The lowest BCUT2D eigenvalue weighted by molar-refractivity contribution is 0.318. The molecule has 130 valence electrons. The van der Waals surface area contributed by atoms with Crippen molar-refractivity contribution in [1.82, 2.24) is 24.4 Å². The van der Waals surface area contributed by atoms with Crippen molar-refractivity contribution in [2.75, 3.05) is 13.1 Å². The lowest BCUT2D eigenvalue weighted by Gasteiger charge is -2.15. The summed E-state index contributed by atoms with van der Waals surface area (Å²) >= 11 is 1.87. The summed E-state index contributed by atoms with van der Waals surface area (Å²) in [4.78, 5) is 17.6. The highest BCUT2D eigenvalue weighted by molar-refractivity contribution is 7.10. The maximum absolute atomic E-state index is 4.62. The van der Waals surface area contributed by atoms with Gasteiger partial charge in [-0.2, -0.15) is 0 Å². The van der Waals surface area contributed by atoms with Crippen LogP contribution in [0.5, 0.6) is 0 Å². The van der Waals surface area contributed by atoms with Crippen LogP contribution in [0, 0.1) is 12.8 Å². The fourth-order valence-electron chi connectivity index (χ4n) is 3.48. The summed E-state index contributed by atoms with van der Waals surface area (Å²) in [5.74, 6) is 1.53. The van der Waals surface area contributed by atoms with E-state index in [1.807, 2.05) is 41.5 Å². The second kappa shape index (κ2) is 7.06. The Kier molecular flexibility index (Phi) is 4.63. The van der Waals surface area contributed by atoms with Gasteiger partial charge in [0, 0.05) is 43.6 Å². The van der Waals surface area contributed by atoms with Crippen molar-refractivity contribution in [3.8, 4) is 11.5 Å². The highest BCUT2D eigenvalue weighted by Crippen LogP contribution is 2.25. The van der Waals surface area contributed by atoms with Gasteiger partial charge in [-0.3, -0.25) is 9.88 Å². The van der Waals surface area contributed by atoms with E-state index < -0.39 is 0 Å². The lowest BCUT2D eigenvalue weighted by Crippen LogP contribution is -2.20. The number of hydrogen-bond donors (Lipinski definition) is 0. The molecule has 5 nitrogen and oxygen atoms in total. The molecule has 1 unspecified atom stereocenters. The third-order valence-electron chi connectivity index (χ3n) is 4.96. The summed E-state index contributed by atoms with van der Waals surface area (Å²) in [5, 5.41) is 2.19. The molecule has 0 aliphatic carbocycles. The highest BCUT2D eigenvalue weighted by Gasteiger charge is 2.24. The van der Waals surface area contributed by atoms with Gasteiger partial charge in [-0.25, -0.2) is 9.97 Å². The Labute approximate surface area is 152 Å². The summed E-state index contributed by atoms with van der Waals surface area (Å²) in [6.07, 6.45) is 9.72. The third kappa shape index (κ3) is 3.65. The molecule has 1 aliphatic rings. The fraction of sp³-hybridized carbons (Fsp3) is 0.421. The number of hydrogen-bond acceptors (Lipinski definition) is 5. The van der Waals surface area contributed by atoms with Crippen LogP contribution in [-0.2, 0) is 20.0 Å². The van der Waals surface area contributed by atoms with Gasteiger partial charge in [0.25, 0.3) is 0 Å². The summed E-state index contributed by atoms with van der Waals surface area (Å²) in [5.41, 5.74) is 3.33. The molecule has 4 heterocycles. The van der Waals surface area contributed by atoms with Crippen molar-refractivity contribution >= 4 is 11.3 Å². The molecule has 0 amide bonds. The SMILES string of the molecule is Cc1ccsc1CN1CCC(Cc2cnc(-c3nccn3C)cn2)C1. The maximum Gasteiger partial charge on any atom is 0.159 e. The summed E-state index contributed by atoms with van der Waals surface area (Å²) < 4.78 is 1.96. The van der Waals surface area contributed by atoms with Crippen LogP contribution in [-0.4, -0.2) is 37.5 Å². The van der Waals surface area contributed by atoms with Crippen molar-refractivity contribution in [3.05, 3.63) is 52.4 Å². The Morgan fingerprint density at radius 3 is 2.84 bits per heavy atom. The van der Waals surface area contributed by atoms with Gasteiger partial charge in [-0.15, -0.1) is 11.3 Å². The first-order valence-corrected chi connectivity index (χ1v) is 9.61. The third-order valence-corrected chi connectivity index (χ3v) is 5.97. The number of aryl methyl sites for hydroxylation is 2. The molecule has 0 spiro atoms. The van der Waals surface area contributed by atoms with Crippen LogP contribution in [0.4, 0.5) is 0 Å². The van der Waals surface area contributed by atoms with E-state index in [4.69, 9.17) is 0 Å². The quantitative estimate of drug-likeness (QED) is 0.706. The molecule has 25 heavy (non-hydrogen) atoms. The molecular formula is C19H23N5S. The van der Waals surface area contributed by atoms with Gasteiger partial charge in [-0.1, -0.05) is 0 Å². The van der Waals surface area contributed by atoms with Crippen molar-refractivity contribution in [3.63, 3.8) is 0 Å². The van der Waals surface area contributed by atoms with Gasteiger partial charge in [0.05, 0.1) is 11.9 Å². The van der Waals surface area contributed by atoms with E-state index in [9.17, 15) is 0 Å². The minimum Gasteiger partial charge on any atom is -0.333 e. The van der Waals surface area contributed by atoms with E-state index in [-0.39, 0.29) is 0 Å². The Morgan fingerprint density at radius 1 is 1.24 bits per heavy atom. The predicted octanol–water partition coefficient (Wildman–Crippen LogP) is 3.31. The maximum atomic E-state index is 4.62. The van der Waals surface area contributed by atoms with E-state index in [2.05, 4.69) is 38.2 Å². The van der Waals surface area contributed by atoms with Crippen molar-refractivity contribution in [1.29, 1.82) is 0 Å². The van der Waals surface area contributed by atoms with Gasteiger partial charge < -0.3 is 4.57 Å². The normalized spacial score (nSPS) is 18.1. The van der Waals surface area contributed by atoms with Gasteiger partial charge >= 0.3 is 0 Å². The first-order valence-electron chi connectivity index (χ1n) is 8.73. The zero-order valence-corrected chi connectivity index (χ0v) is 15.5. The van der Waals surface area contributed by atoms with Crippen molar-refractivity contribution in [2.24, 2.45) is 13.0 Å². The predicted molar refractivity (Wildman–Crippen MR) is 100 cm³/mol. The molecule has 1 atom stereocenters. The van der Waals surface area contributed by atoms with Crippen molar-refractivity contribution in [2.45, 2.75) is 26.3 Å². The van der Waals surface area contributed by atoms with E-state index >= 15 is 0 Å². The second-order valence-electron chi connectivity index (χ2n) is 6.88. The highest BCUT2D eigenvalue weighted by atomic mass is 32.1. The van der Waals surface area contributed by atoms with Crippen LogP contribution in [0.1, 0.15) is 22.6 Å². The smallest absolute Gasteiger partial charge is 0.159 e. The molecule has 1 saturated heterocycles. The number of rotatable bonds is 5. The van der Waals surface area contributed by atoms with Gasteiger partial charge in [0.2, 0.25) is 0 Å². The zero-order valence-electron chi connectivity index (χ0n) is 14.7. The van der Waals surface area contributed by atoms with E-state index in [1.165, 1.54) is 23.4 Å². The zero-order chi connectivity index (χ0) is 17.2. The minimum absolute atomic E-state index is 0.675. The number of nitrogens with zero attached hydrogens (tertiary/aromatic N) is 5. The van der Waals surface area contributed by atoms with Crippen LogP contribution >= 0.6 is 11.3 Å². The van der Waals surface area contributed by atoms with Crippen LogP contribution in [0.15, 0.2) is 36.2 Å². The summed E-state index contributed by atoms with van der Waals surface area (Å²) in [6, 6.07) is 2.21. The molecule has 0 radical (unpaired) electrons. The number of likely N-dealkylation sites (tertiary alicyclic amines) is 1. The molecule has 3 aromatic rings. The van der Waals surface area contributed by atoms with Gasteiger partial charge in [0.15, 0.2) is 5.82 Å². The summed E-state index contributed by atoms with van der Waals surface area (Å²) in [7, 11) is 1.97. The molecule has 0 N–H and O–H groups in total. The Bertz CT molecular complexity index is 836. The monoisotopic (exact) mass is 353 g/mol. The van der Waals surface area contributed by atoms with Crippen LogP contribution < -0.4 is 0 Å². The average molecular weight is 353 g/mol. The van der Waals surface area contributed by atoms with Gasteiger partial charge in [0.1, 0.15) is 5.69 Å². The molecule has 0 bridgehead atoms. The molecule has 0 aromatic carbocycles. The molecule has 1 aliphatic heterocycles. The second-order valence-corrected chi connectivity index (χ2v) is 7.88. The van der Waals surface area contributed by atoms with Crippen molar-refractivity contribution < 1.29 is 0 Å². The number of imidazole rings is 1. The van der Waals surface area contributed by atoms with Gasteiger partial charge in [-0.05, 0) is 49.2 Å². The first-order chi connectivity index (χ1) is 12.2. The molecular weight excluding hydrogens is 330 g/mol. The van der Waals surface area contributed by atoms with E-state index in [0.29, 0.717) is 5.92 Å². The van der Waals surface area contributed by atoms with E-state index in [1.54, 1.807) is 6.20 Å². The van der Waals surface area contributed by atoms with Crippen LogP contribution in [0.3, 0.4) is 0 Å². The molecule has 3 aromatic heterocycles. The topological polar surface area (TPSA) is 46.8 Å². The largest absolute Gasteiger partial charge is 0.333 e. The molecule has 1 fully saturated rings. The van der Waals surface area contributed by atoms with E-state index in [0.717, 1.165) is 36.7 Å². The standard InChI is InChI=1S/C19H23N5S/c1-14-4-8-25-18(14)13-24-6-3-15(12-24)9-16-10-22-17(11-21-16)19-20-5-7-23(19)2/h4-5,7-8,10-11,15H,3,6,9,12-13H2,1-2H3. The first kappa shape index (κ1) is 16.4. The van der Waals surface area contributed by atoms with Crippen LogP contribution in [0.25, 0.3) is 11.5 Å². The number of thiophene rings is 1. The molecule has 0 saturated carbocycles. The molecule has 6 heteroatoms. The average Bonchev–Trinajstić information content (AvgIpc) is 3.32. The summed E-state index contributed by atoms with van der Waals surface area (Å²) in [6.45, 7) is 5.63. The lowest BCUT2D eigenvalue weighted by atomic mass is 10.0. The fourth-order valence-corrected chi connectivity index (χ4v) is 4.42. The Morgan fingerprint density at radius 2 is 2.16 bits per heavy atom. The Balaban J connectivity index is 1.35. The minimum atomic E-state index is 0.675. The Hall–Kier alpha value is -2.05. The number of aromatic nitrogens is 4. The molecule has 4 rings (SSSR count).